The number of aliphatic hydroxyl groups is 7. The zero-order valence-electron chi connectivity index (χ0n) is 12.0. The topological polar surface area (TPSA) is 169 Å². The van der Waals surface area contributed by atoms with Crippen molar-refractivity contribution in [2.24, 2.45) is 0 Å². The number of alkyl halides is 1. The van der Waals surface area contributed by atoms with Crippen molar-refractivity contribution >= 4 is 0 Å². The van der Waals surface area contributed by atoms with E-state index in [1.807, 2.05) is 0 Å². The van der Waals surface area contributed by atoms with Crippen LogP contribution in [0.2, 0.25) is 0 Å². The maximum Gasteiger partial charge on any atom is 0.224 e. The van der Waals surface area contributed by atoms with Gasteiger partial charge in [-0.1, -0.05) is 0 Å². The molecule has 9 atom stereocenters. The molecule has 11 heteroatoms. The third kappa shape index (κ3) is 3.22. The predicted octanol–water partition coefficient (Wildman–Crippen LogP) is -4.42. The number of rotatable bonds is 5. The van der Waals surface area contributed by atoms with E-state index in [0.717, 1.165) is 0 Å². The summed E-state index contributed by atoms with van der Waals surface area (Å²) in [5.74, 6) is -2.28. The molecule has 0 aromatic heterocycles. The molecule has 0 aromatic carbocycles. The average molecular weight is 344 g/mol. The molecule has 10 nitrogen and oxygen atoms in total. The standard InChI is InChI=1S/C12H21FO10/c13-6-7(17)4(1-14)21-11(9(6)19)23-12(3-16)10(20)8(18)5(2-15)22-12/h4-11,14-20H,1-3H2/t4-,5-,6+,7-,8-,9-,10+,11-,12+/m1/s1. The van der Waals surface area contributed by atoms with Gasteiger partial charge < -0.3 is 50.0 Å². The van der Waals surface area contributed by atoms with Gasteiger partial charge in [-0.3, -0.25) is 0 Å². The van der Waals surface area contributed by atoms with Crippen molar-refractivity contribution < 1.29 is 54.3 Å². The smallest absolute Gasteiger partial charge is 0.224 e. The third-order valence-electron chi connectivity index (χ3n) is 4.02. The molecule has 136 valence electrons. The van der Waals surface area contributed by atoms with Gasteiger partial charge in [-0.25, -0.2) is 4.39 Å². The number of hydrogen-bond acceptors (Lipinski definition) is 10. The van der Waals surface area contributed by atoms with Crippen molar-refractivity contribution in [3.05, 3.63) is 0 Å². The molecule has 0 aromatic rings. The Hall–Kier alpha value is -0.470. The molecule has 0 aliphatic carbocycles. The number of aliphatic hydroxyl groups excluding tert-OH is 7. The molecule has 7 N–H and O–H groups in total. The highest BCUT2D eigenvalue weighted by Gasteiger charge is 2.58. The van der Waals surface area contributed by atoms with Crippen LogP contribution >= 0.6 is 0 Å². The molecule has 0 spiro atoms. The summed E-state index contributed by atoms with van der Waals surface area (Å²) in [4.78, 5) is 0. The highest BCUT2D eigenvalue weighted by Crippen LogP contribution is 2.36. The first-order chi connectivity index (χ1) is 10.8. The molecule has 0 bridgehead atoms. The molecule has 2 aliphatic rings. The van der Waals surface area contributed by atoms with Gasteiger partial charge in [0.05, 0.1) is 13.2 Å². The first-order valence-corrected chi connectivity index (χ1v) is 7.01. The van der Waals surface area contributed by atoms with E-state index in [4.69, 9.17) is 24.4 Å². The van der Waals surface area contributed by atoms with Gasteiger partial charge in [0, 0.05) is 0 Å². The summed E-state index contributed by atoms with van der Waals surface area (Å²) in [5.41, 5.74) is 0. The number of hydrogen-bond donors (Lipinski definition) is 7. The van der Waals surface area contributed by atoms with Gasteiger partial charge in [0.25, 0.3) is 0 Å². The first-order valence-electron chi connectivity index (χ1n) is 7.01. The Morgan fingerprint density at radius 1 is 0.913 bits per heavy atom. The molecule has 0 unspecified atom stereocenters. The summed E-state index contributed by atoms with van der Waals surface area (Å²) in [6.07, 6.45) is -14.0. The lowest BCUT2D eigenvalue weighted by atomic mass is 10.00. The van der Waals surface area contributed by atoms with Gasteiger partial charge in [-0.2, -0.15) is 0 Å². The molecule has 2 fully saturated rings. The molecule has 0 radical (unpaired) electrons. The molecule has 0 amide bonds. The molecule has 0 saturated carbocycles. The predicted molar refractivity (Wildman–Crippen MR) is 67.5 cm³/mol. The van der Waals surface area contributed by atoms with Crippen LogP contribution in [0.5, 0.6) is 0 Å². The van der Waals surface area contributed by atoms with Gasteiger partial charge in [0.1, 0.15) is 43.2 Å². The minimum Gasteiger partial charge on any atom is -0.394 e. The van der Waals surface area contributed by atoms with Gasteiger partial charge in [-0.15, -0.1) is 0 Å². The summed E-state index contributed by atoms with van der Waals surface area (Å²) in [7, 11) is 0. The Balaban J connectivity index is 2.18. The van der Waals surface area contributed by atoms with E-state index in [0.29, 0.717) is 0 Å². The van der Waals surface area contributed by atoms with Crippen molar-refractivity contribution in [1.29, 1.82) is 0 Å². The van der Waals surface area contributed by atoms with Crippen molar-refractivity contribution in [1.82, 2.24) is 0 Å². The molecule has 2 saturated heterocycles. The summed E-state index contributed by atoms with van der Waals surface area (Å²) >= 11 is 0. The zero-order valence-corrected chi connectivity index (χ0v) is 12.0. The number of halogens is 1. The SMILES string of the molecule is OC[C@H]1O[C@@](CO)(O[C@H]2O[C@H](CO)[C@@H](O)[C@H](F)[C@H]2O)[C@@H](O)[C@@H]1O. The van der Waals surface area contributed by atoms with Crippen molar-refractivity contribution in [3.8, 4) is 0 Å². The molecular weight excluding hydrogens is 323 g/mol. The van der Waals surface area contributed by atoms with Crippen LogP contribution in [0.3, 0.4) is 0 Å². The Bertz CT molecular complexity index is 398. The Kier molecular flexibility index (Phi) is 5.90. The maximum absolute atomic E-state index is 13.9. The summed E-state index contributed by atoms with van der Waals surface area (Å²) in [6.45, 7) is -2.47. The maximum atomic E-state index is 13.9. The van der Waals surface area contributed by atoms with E-state index in [2.05, 4.69) is 0 Å². The fraction of sp³-hybridized carbons (Fsp3) is 1.00. The van der Waals surface area contributed by atoms with E-state index in [-0.39, 0.29) is 0 Å². The highest BCUT2D eigenvalue weighted by atomic mass is 19.1. The third-order valence-corrected chi connectivity index (χ3v) is 4.02. The van der Waals surface area contributed by atoms with E-state index in [1.54, 1.807) is 0 Å². The lowest BCUT2D eigenvalue weighted by molar-refractivity contribution is -0.379. The quantitative estimate of drug-likeness (QED) is 0.258. The van der Waals surface area contributed by atoms with Crippen LogP contribution in [0.15, 0.2) is 0 Å². The normalized spacial score (nSPS) is 51.1. The largest absolute Gasteiger partial charge is 0.394 e. The summed E-state index contributed by atoms with van der Waals surface area (Å²) in [5, 5.41) is 66.5. The Labute approximate surface area is 130 Å². The summed E-state index contributed by atoms with van der Waals surface area (Å²) < 4.78 is 29.1. The highest BCUT2D eigenvalue weighted by molar-refractivity contribution is 4.98. The summed E-state index contributed by atoms with van der Waals surface area (Å²) in [6, 6.07) is 0. The minimum atomic E-state index is -2.28. The molecule has 2 aliphatic heterocycles. The first kappa shape index (κ1) is 18.9. The second-order valence-electron chi connectivity index (χ2n) is 5.51. The fourth-order valence-corrected chi connectivity index (χ4v) is 2.61. The van der Waals surface area contributed by atoms with Crippen LogP contribution in [-0.4, -0.2) is 110 Å². The van der Waals surface area contributed by atoms with E-state index in [1.165, 1.54) is 0 Å². The van der Waals surface area contributed by atoms with Gasteiger partial charge >= 0.3 is 0 Å². The lowest BCUT2D eigenvalue weighted by Gasteiger charge is -2.42. The molecular formula is C12H21FO10. The van der Waals surface area contributed by atoms with Crippen LogP contribution in [0.1, 0.15) is 0 Å². The second kappa shape index (κ2) is 7.19. The second-order valence-corrected chi connectivity index (χ2v) is 5.51. The number of ether oxygens (including phenoxy) is 3. The average Bonchev–Trinajstić information content (AvgIpc) is 2.80. The van der Waals surface area contributed by atoms with Crippen LogP contribution in [0, 0.1) is 0 Å². The van der Waals surface area contributed by atoms with Crippen LogP contribution < -0.4 is 0 Å². The molecule has 23 heavy (non-hydrogen) atoms. The van der Waals surface area contributed by atoms with Crippen molar-refractivity contribution in [2.45, 2.75) is 54.9 Å². The lowest BCUT2D eigenvalue weighted by Crippen LogP contribution is -2.61. The van der Waals surface area contributed by atoms with E-state index < -0.39 is 74.7 Å². The Morgan fingerprint density at radius 2 is 1.52 bits per heavy atom. The molecule has 2 heterocycles. The van der Waals surface area contributed by atoms with Crippen LogP contribution in [-0.2, 0) is 14.2 Å². The zero-order chi connectivity index (χ0) is 17.4. The fourth-order valence-electron chi connectivity index (χ4n) is 2.61. The minimum absolute atomic E-state index is 0.693. The monoisotopic (exact) mass is 344 g/mol. The van der Waals surface area contributed by atoms with Gasteiger partial charge in [-0.05, 0) is 0 Å². The van der Waals surface area contributed by atoms with Crippen LogP contribution in [0.4, 0.5) is 4.39 Å². The Morgan fingerprint density at radius 3 is 2.00 bits per heavy atom. The van der Waals surface area contributed by atoms with Crippen LogP contribution in [0.25, 0.3) is 0 Å². The van der Waals surface area contributed by atoms with E-state index in [9.17, 15) is 29.9 Å². The van der Waals surface area contributed by atoms with Crippen molar-refractivity contribution in [2.75, 3.05) is 19.8 Å². The van der Waals surface area contributed by atoms with E-state index >= 15 is 0 Å². The molecule has 2 rings (SSSR count). The van der Waals surface area contributed by atoms with Gasteiger partial charge in [0.2, 0.25) is 5.79 Å². The van der Waals surface area contributed by atoms with Crippen molar-refractivity contribution in [3.63, 3.8) is 0 Å². The van der Waals surface area contributed by atoms with Gasteiger partial charge in [0.15, 0.2) is 12.5 Å².